The van der Waals surface area contributed by atoms with Crippen LogP contribution in [0.4, 0.5) is 23.7 Å². The molecule has 2 rings (SSSR count). The van der Waals surface area contributed by atoms with E-state index < -0.39 is 42.4 Å². The first-order chi connectivity index (χ1) is 12.1. The van der Waals surface area contributed by atoms with Gasteiger partial charge in [-0.05, 0) is 24.3 Å². The van der Waals surface area contributed by atoms with Gasteiger partial charge in [0.05, 0.1) is 0 Å². The lowest BCUT2D eigenvalue weighted by Crippen LogP contribution is -2.39. The minimum Gasteiger partial charge on any atom is -0.406 e. The Kier molecular flexibility index (Phi) is 5.29. The zero-order valence-corrected chi connectivity index (χ0v) is 13.1. The standard InChI is InChI=1S/C15H12F3N3O5/c1-2-7-20-12(23)13(24)21(14(20)25)8-11(22)19-9-3-5-10(6-4-9)26-15(16,17)18/h2-6H,1,7-8H2,(H,19,22). The molecular formula is C15H12F3N3O5. The summed E-state index contributed by atoms with van der Waals surface area (Å²) in [5, 5.41) is 2.29. The Hall–Kier alpha value is -3.37. The van der Waals surface area contributed by atoms with Crippen molar-refractivity contribution < 1.29 is 37.1 Å². The Morgan fingerprint density at radius 1 is 1.12 bits per heavy atom. The van der Waals surface area contributed by atoms with Crippen LogP contribution in [0.25, 0.3) is 0 Å². The maximum absolute atomic E-state index is 12.1. The molecule has 1 aromatic carbocycles. The van der Waals surface area contributed by atoms with Crippen LogP contribution in [0.15, 0.2) is 36.9 Å². The van der Waals surface area contributed by atoms with E-state index in [4.69, 9.17) is 0 Å². The fourth-order valence-electron chi connectivity index (χ4n) is 2.06. The van der Waals surface area contributed by atoms with Gasteiger partial charge in [0.25, 0.3) is 0 Å². The number of halogens is 3. The highest BCUT2D eigenvalue weighted by Gasteiger charge is 2.44. The molecule has 0 spiro atoms. The molecule has 1 heterocycles. The lowest BCUT2D eigenvalue weighted by Gasteiger charge is -2.14. The van der Waals surface area contributed by atoms with Gasteiger partial charge >= 0.3 is 24.2 Å². The molecule has 1 aliphatic rings. The zero-order chi connectivity index (χ0) is 19.5. The summed E-state index contributed by atoms with van der Waals surface area (Å²) in [6.07, 6.45) is -3.59. The van der Waals surface area contributed by atoms with Gasteiger partial charge in [-0.1, -0.05) is 6.08 Å². The summed E-state index contributed by atoms with van der Waals surface area (Å²) < 4.78 is 39.9. The smallest absolute Gasteiger partial charge is 0.406 e. The molecule has 0 aromatic heterocycles. The van der Waals surface area contributed by atoms with E-state index in [1.165, 1.54) is 6.08 Å². The van der Waals surface area contributed by atoms with Gasteiger partial charge in [0.15, 0.2) is 0 Å². The van der Waals surface area contributed by atoms with E-state index in [0.29, 0.717) is 9.80 Å². The van der Waals surface area contributed by atoms with Crippen molar-refractivity contribution in [2.24, 2.45) is 0 Å². The Labute approximate surface area is 144 Å². The molecule has 1 N–H and O–H groups in total. The maximum atomic E-state index is 12.1. The Morgan fingerprint density at radius 3 is 2.23 bits per heavy atom. The number of amides is 5. The number of nitrogens with one attached hydrogen (secondary N) is 1. The number of urea groups is 1. The number of benzene rings is 1. The summed E-state index contributed by atoms with van der Waals surface area (Å²) in [7, 11) is 0. The number of anilines is 1. The number of alkyl halides is 3. The minimum atomic E-state index is -4.84. The van der Waals surface area contributed by atoms with E-state index in [1.807, 2.05) is 0 Å². The minimum absolute atomic E-state index is 0.109. The van der Waals surface area contributed by atoms with Gasteiger partial charge in [0, 0.05) is 12.2 Å². The first-order valence-electron chi connectivity index (χ1n) is 7.06. The highest BCUT2D eigenvalue weighted by atomic mass is 19.4. The van der Waals surface area contributed by atoms with E-state index in [1.54, 1.807) is 0 Å². The second-order valence-electron chi connectivity index (χ2n) is 5.00. The number of carbonyl (C=O) groups excluding carboxylic acids is 4. The molecule has 0 aliphatic carbocycles. The number of nitrogens with zero attached hydrogens (tertiary/aromatic N) is 2. The first-order valence-corrected chi connectivity index (χ1v) is 7.06. The molecular weight excluding hydrogens is 359 g/mol. The van der Waals surface area contributed by atoms with Crippen LogP contribution in [-0.4, -0.2) is 53.0 Å². The Bertz CT molecular complexity index is 761. The van der Waals surface area contributed by atoms with Crippen LogP contribution in [0.3, 0.4) is 0 Å². The number of hydrogen-bond donors (Lipinski definition) is 1. The van der Waals surface area contributed by atoms with Gasteiger partial charge < -0.3 is 10.1 Å². The van der Waals surface area contributed by atoms with Crippen LogP contribution in [0.1, 0.15) is 0 Å². The van der Waals surface area contributed by atoms with Crippen molar-refractivity contribution in [2.45, 2.75) is 6.36 Å². The van der Waals surface area contributed by atoms with Gasteiger partial charge in [-0.25, -0.2) is 9.69 Å². The fraction of sp³-hybridized carbons (Fsp3) is 0.200. The van der Waals surface area contributed by atoms with Crippen LogP contribution < -0.4 is 10.1 Å². The maximum Gasteiger partial charge on any atom is 0.573 e. The van der Waals surface area contributed by atoms with Crippen molar-refractivity contribution in [3.63, 3.8) is 0 Å². The third-order valence-corrected chi connectivity index (χ3v) is 3.12. The predicted octanol–water partition coefficient (Wildman–Crippen LogP) is 1.50. The summed E-state index contributed by atoms with van der Waals surface area (Å²) in [4.78, 5) is 48.3. The quantitative estimate of drug-likeness (QED) is 0.465. The number of carbonyl (C=O) groups is 4. The van der Waals surface area contributed by atoms with Gasteiger partial charge in [-0.15, -0.1) is 19.8 Å². The second-order valence-corrected chi connectivity index (χ2v) is 5.00. The summed E-state index contributed by atoms with van der Waals surface area (Å²) in [5.41, 5.74) is 0.109. The van der Waals surface area contributed by atoms with Crippen molar-refractivity contribution in [3.8, 4) is 5.75 Å². The van der Waals surface area contributed by atoms with Crippen molar-refractivity contribution in [1.82, 2.24) is 9.80 Å². The SMILES string of the molecule is C=CCN1C(=O)C(=O)N(CC(=O)Nc2ccc(OC(F)(F)F)cc2)C1=O. The Morgan fingerprint density at radius 2 is 1.69 bits per heavy atom. The summed E-state index contributed by atoms with van der Waals surface area (Å²) in [5.74, 6) is -3.52. The van der Waals surface area contributed by atoms with E-state index in [2.05, 4.69) is 16.6 Å². The van der Waals surface area contributed by atoms with E-state index >= 15 is 0 Å². The molecule has 1 fully saturated rings. The lowest BCUT2D eigenvalue weighted by molar-refractivity contribution is -0.274. The molecule has 0 bridgehead atoms. The molecule has 0 unspecified atom stereocenters. The normalized spacial score (nSPS) is 14.7. The van der Waals surface area contributed by atoms with Crippen LogP contribution in [0, 0.1) is 0 Å². The van der Waals surface area contributed by atoms with Gasteiger partial charge in [-0.3, -0.25) is 19.3 Å². The first kappa shape index (κ1) is 19.0. The van der Waals surface area contributed by atoms with Gasteiger partial charge in [-0.2, -0.15) is 0 Å². The zero-order valence-electron chi connectivity index (χ0n) is 13.1. The van der Waals surface area contributed by atoms with Gasteiger partial charge in [0.2, 0.25) is 5.91 Å². The molecule has 138 valence electrons. The van der Waals surface area contributed by atoms with E-state index in [9.17, 15) is 32.3 Å². The largest absolute Gasteiger partial charge is 0.573 e. The number of hydrogen-bond acceptors (Lipinski definition) is 5. The second kappa shape index (κ2) is 7.25. The number of ether oxygens (including phenoxy) is 1. The van der Waals surface area contributed by atoms with Crippen LogP contribution in [0.5, 0.6) is 5.75 Å². The highest BCUT2D eigenvalue weighted by Crippen LogP contribution is 2.24. The predicted molar refractivity (Wildman–Crippen MR) is 80.8 cm³/mol. The van der Waals surface area contributed by atoms with Crippen LogP contribution in [0.2, 0.25) is 0 Å². The van der Waals surface area contributed by atoms with E-state index in [0.717, 1.165) is 24.3 Å². The number of rotatable bonds is 6. The van der Waals surface area contributed by atoms with Crippen LogP contribution in [-0.2, 0) is 14.4 Å². The van der Waals surface area contributed by atoms with Gasteiger partial charge in [0.1, 0.15) is 12.3 Å². The van der Waals surface area contributed by atoms with Crippen molar-refractivity contribution in [3.05, 3.63) is 36.9 Å². The molecule has 8 nitrogen and oxygen atoms in total. The molecule has 0 radical (unpaired) electrons. The molecule has 5 amide bonds. The monoisotopic (exact) mass is 371 g/mol. The average Bonchev–Trinajstić information content (AvgIpc) is 2.74. The third-order valence-electron chi connectivity index (χ3n) is 3.12. The van der Waals surface area contributed by atoms with E-state index in [-0.39, 0.29) is 12.2 Å². The summed E-state index contributed by atoms with van der Waals surface area (Å²) in [6, 6.07) is 3.28. The molecule has 1 aliphatic heterocycles. The third kappa shape index (κ3) is 4.37. The highest BCUT2D eigenvalue weighted by molar-refractivity contribution is 6.45. The van der Waals surface area contributed by atoms with Crippen molar-refractivity contribution in [2.75, 3.05) is 18.4 Å². The molecule has 0 saturated carbocycles. The lowest BCUT2D eigenvalue weighted by atomic mass is 10.3. The average molecular weight is 371 g/mol. The molecule has 0 atom stereocenters. The van der Waals surface area contributed by atoms with Crippen LogP contribution >= 0.6 is 0 Å². The molecule has 1 aromatic rings. The number of imide groups is 2. The fourth-order valence-corrected chi connectivity index (χ4v) is 2.06. The molecule has 11 heteroatoms. The Balaban J connectivity index is 1.98. The molecule has 1 saturated heterocycles. The summed E-state index contributed by atoms with van der Waals surface area (Å²) in [6.45, 7) is 2.45. The van der Waals surface area contributed by atoms with Crippen molar-refractivity contribution in [1.29, 1.82) is 0 Å². The molecule has 26 heavy (non-hydrogen) atoms. The summed E-state index contributed by atoms with van der Waals surface area (Å²) >= 11 is 0. The topological polar surface area (TPSA) is 96.0 Å². The van der Waals surface area contributed by atoms with Crippen molar-refractivity contribution >= 4 is 29.4 Å².